The molecule has 0 atom stereocenters. The second-order valence-electron chi connectivity index (χ2n) is 4.07. The van der Waals surface area contributed by atoms with Crippen molar-refractivity contribution in [3.05, 3.63) is 47.7 Å². The lowest BCUT2D eigenvalue weighted by atomic mass is 10.2. The van der Waals surface area contributed by atoms with Crippen molar-refractivity contribution >= 4 is 15.8 Å². The smallest absolute Gasteiger partial charge is 0.263 e. The van der Waals surface area contributed by atoms with Crippen LogP contribution in [0.3, 0.4) is 0 Å². The number of sulfonamides is 1. The van der Waals surface area contributed by atoms with Crippen molar-refractivity contribution in [1.29, 1.82) is 5.26 Å². The van der Waals surface area contributed by atoms with Crippen LogP contribution in [0.25, 0.3) is 0 Å². The first-order chi connectivity index (χ1) is 9.44. The van der Waals surface area contributed by atoms with Gasteiger partial charge in [-0.2, -0.15) is 5.26 Å². The Hall–Kier alpha value is -2.59. The number of nitrogens with zero attached hydrogens (tertiary/aromatic N) is 2. The molecule has 0 amide bonds. The van der Waals surface area contributed by atoms with Crippen LogP contribution in [0, 0.1) is 18.3 Å². The van der Waals surface area contributed by atoms with Crippen LogP contribution >= 0.6 is 0 Å². The third-order valence-electron chi connectivity index (χ3n) is 2.61. The number of nitrogens with one attached hydrogen (secondary N) is 1. The van der Waals surface area contributed by atoms with Gasteiger partial charge in [-0.15, -0.1) is 0 Å². The summed E-state index contributed by atoms with van der Waals surface area (Å²) in [6.45, 7) is 1.59. The molecule has 1 aromatic carbocycles. The molecule has 20 heavy (non-hydrogen) atoms. The molecule has 2 aromatic rings. The minimum atomic E-state index is -3.87. The highest BCUT2D eigenvalue weighted by Gasteiger charge is 2.19. The zero-order chi connectivity index (χ0) is 14.8. The van der Waals surface area contributed by atoms with Crippen molar-refractivity contribution < 1.29 is 13.5 Å². The maximum Gasteiger partial charge on any atom is 0.263 e. The van der Waals surface area contributed by atoms with Gasteiger partial charge in [-0.1, -0.05) is 0 Å². The molecule has 0 aliphatic heterocycles. The Bertz CT molecular complexity index is 795. The second kappa shape index (κ2) is 5.19. The van der Waals surface area contributed by atoms with Gasteiger partial charge in [0.1, 0.15) is 0 Å². The van der Waals surface area contributed by atoms with Crippen LogP contribution in [0.4, 0.5) is 5.82 Å². The molecule has 0 spiro atoms. The van der Waals surface area contributed by atoms with E-state index in [-0.39, 0.29) is 16.5 Å². The monoisotopic (exact) mass is 289 g/mol. The fraction of sp³-hybridized carbons (Fsp3) is 0.0769. The van der Waals surface area contributed by atoms with E-state index in [0.29, 0.717) is 11.1 Å². The number of aromatic nitrogens is 1. The molecular formula is C13H11N3O3S. The minimum Gasteiger partial charge on any atom is -0.504 e. The lowest BCUT2D eigenvalue weighted by Crippen LogP contribution is -2.15. The first kappa shape index (κ1) is 13.8. The summed E-state index contributed by atoms with van der Waals surface area (Å²) in [5.74, 6) is -0.404. The largest absolute Gasteiger partial charge is 0.504 e. The summed E-state index contributed by atoms with van der Waals surface area (Å²) in [4.78, 5) is 3.79. The Morgan fingerprint density at radius 1 is 1.35 bits per heavy atom. The predicted octanol–water partition coefficient (Wildman–Crippen LogP) is 1.77. The average Bonchev–Trinajstić information content (AvgIpc) is 2.40. The summed E-state index contributed by atoms with van der Waals surface area (Å²) in [7, 11) is -3.87. The van der Waals surface area contributed by atoms with Crippen molar-refractivity contribution in [3.63, 3.8) is 0 Å². The maximum atomic E-state index is 12.2. The van der Waals surface area contributed by atoms with Gasteiger partial charge in [-0.25, -0.2) is 13.4 Å². The number of rotatable bonds is 3. The van der Waals surface area contributed by atoms with Gasteiger partial charge in [0.15, 0.2) is 11.6 Å². The number of hydrogen-bond donors (Lipinski definition) is 2. The lowest BCUT2D eigenvalue weighted by molar-refractivity contribution is 0.475. The Labute approximate surface area is 116 Å². The fourth-order valence-electron chi connectivity index (χ4n) is 1.68. The average molecular weight is 289 g/mol. The molecule has 0 aliphatic carbocycles. The van der Waals surface area contributed by atoms with E-state index in [2.05, 4.69) is 9.71 Å². The minimum absolute atomic E-state index is 0.0292. The molecule has 0 radical (unpaired) electrons. The fourth-order valence-corrected chi connectivity index (χ4v) is 2.93. The molecule has 6 nitrogen and oxygen atoms in total. The SMILES string of the molecule is Cc1cc(C#N)ccc1S(=O)(=O)Nc1ncccc1O. The number of benzene rings is 1. The highest BCUT2D eigenvalue weighted by atomic mass is 32.2. The van der Waals surface area contributed by atoms with Gasteiger partial charge in [-0.05, 0) is 42.8 Å². The van der Waals surface area contributed by atoms with Gasteiger partial charge in [0.2, 0.25) is 0 Å². The summed E-state index contributed by atoms with van der Waals surface area (Å²) < 4.78 is 26.7. The van der Waals surface area contributed by atoms with Crippen molar-refractivity contribution in [1.82, 2.24) is 4.98 Å². The van der Waals surface area contributed by atoms with E-state index in [1.807, 2.05) is 6.07 Å². The number of aryl methyl sites for hydroxylation is 1. The summed E-state index contributed by atoms with van der Waals surface area (Å²) in [5, 5.41) is 18.3. The van der Waals surface area contributed by atoms with Crippen LogP contribution in [0.1, 0.15) is 11.1 Å². The Morgan fingerprint density at radius 3 is 2.70 bits per heavy atom. The van der Waals surface area contributed by atoms with Gasteiger partial charge in [0, 0.05) is 6.20 Å². The molecule has 0 unspecified atom stereocenters. The summed E-state index contributed by atoms with van der Waals surface area (Å²) in [6.07, 6.45) is 1.36. The molecule has 0 saturated heterocycles. The third-order valence-corrected chi connectivity index (χ3v) is 4.11. The number of anilines is 1. The van der Waals surface area contributed by atoms with Crippen LogP contribution < -0.4 is 4.72 Å². The van der Waals surface area contributed by atoms with Gasteiger partial charge in [0.05, 0.1) is 16.5 Å². The Morgan fingerprint density at radius 2 is 2.10 bits per heavy atom. The highest BCUT2D eigenvalue weighted by Crippen LogP contribution is 2.24. The molecule has 2 N–H and O–H groups in total. The van der Waals surface area contributed by atoms with Crippen molar-refractivity contribution in [2.24, 2.45) is 0 Å². The molecule has 1 heterocycles. The van der Waals surface area contributed by atoms with Gasteiger partial charge in [-0.3, -0.25) is 4.72 Å². The van der Waals surface area contributed by atoms with Crippen LogP contribution in [-0.2, 0) is 10.0 Å². The van der Waals surface area contributed by atoms with E-state index < -0.39 is 10.0 Å². The number of aromatic hydroxyl groups is 1. The summed E-state index contributed by atoms with van der Waals surface area (Å²) >= 11 is 0. The predicted molar refractivity (Wildman–Crippen MR) is 72.6 cm³/mol. The molecule has 0 bridgehead atoms. The van der Waals surface area contributed by atoms with E-state index >= 15 is 0 Å². The molecule has 1 aromatic heterocycles. The Kier molecular flexibility index (Phi) is 3.59. The second-order valence-corrected chi connectivity index (χ2v) is 5.72. The molecule has 2 rings (SSSR count). The number of nitriles is 1. The molecule has 102 valence electrons. The highest BCUT2D eigenvalue weighted by molar-refractivity contribution is 7.92. The number of hydrogen-bond acceptors (Lipinski definition) is 5. The van der Waals surface area contributed by atoms with Crippen LogP contribution in [0.15, 0.2) is 41.4 Å². The third kappa shape index (κ3) is 2.70. The first-order valence-electron chi connectivity index (χ1n) is 5.61. The van der Waals surface area contributed by atoms with E-state index in [0.717, 1.165) is 0 Å². The van der Waals surface area contributed by atoms with Crippen molar-refractivity contribution in [2.45, 2.75) is 11.8 Å². The van der Waals surface area contributed by atoms with Gasteiger partial charge < -0.3 is 5.11 Å². The van der Waals surface area contributed by atoms with Gasteiger partial charge in [0.25, 0.3) is 10.0 Å². The standard InChI is InChI=1S/C13H11N3O3S/c1-9-7-10(8-14)4-5-12(9)20(18,19)16-13-11(17)3-2-6-15-13/h2-7,17H,1H3,(H,15,16). The quantitative estimate of drug-likeness (QED) is 0.896. The van der Waals surface area contributed by atoms with E-state index in [4.69, 9.17) is 5.26 Å². The number of pyridine rings is 1. The lowest BCUT2D eigenvalue weighted by Gasteiger charge is -2.10. The van der Waals surface area contributed by atoms with E-state index in [9.17, 15) is 13.5 Å². The zero-order valence-electron chi connectivity index (χ0n) is 10.5. The molecular weight excluding hydrogens is 278 g/mol. The maximum absolute atomic E-state index is 12.2. The normalized spacial score (nSPS) is 10.8. The van der Waals surface area contributed by atoms with Crippen LogP contribution in [-0.4, -0.2) is 18.5 Å². The van der Waals surface area contributed by atoms with E-state index in [1.54, 1.807) is 6.92 Å². The van der Waals surface area contributed by atoms with Crippen molar-refractivity contribution in [3.8, 4) is 11.8 Å². The van der Waals surface area contributed by atoms with Crippen LogP contribution in [0.2, 0.25) is 0 Å². The Balaban J connectivity index is 2.42. The zero-order valence-corrected chi connectivity index (χ0v) is 11.3. The topological polar surface area (TPSA) is 103 Å². The van der Waals surface area contributed by atoms with E-state index in [1.165, 1.54) is 36.5 Å². The molecule has 7 heteroatoms. The summed E-state index contributed by atoms with van der Waals surface area (Å²) in [5.41, 5.74) is 0.814. The van der Waals surface area contributed by atoms with Crippen LogP contribution in [0.5, 0.6) is 5.75 Å². The molecule has 0 aliphatic rings. The van der Waals surface area contributed by atoms with Crippen molar-refractivity contribution in [2.75, 3.05) is 4.72 Å². The summed E-state index contributed by atoms with van der Waals surface area (Å²) in [6, 6.07) is 8.99. The first-order valence-corrected chi connectivity index (χ1v) is 7.10. The molecule has 0 saturated carbocycles. The molecule has 0 fully saturated rings. The van der Waals surface area contributed by atoms with Gasteiger partial charge >= 0.3 is 0 Å².